The van der Waals surface area contributed by atoms with Gasteiger partial charge in [-0.2, -0.15) is 0 Å². The molecule has 1 aromatic heterocycles. The number of fused-ring (bicyclic) bond motifs is 1. The summed E-state index contributed by atoms with van der Waals surface area (Å²) < 4.78 is 0. The van der Waals surface area contributed by atoms with Crippen molar-refractivity contribution in [1.29, 1.82) is 0 Å². The number of nitrogens with one attached hydrogen (secondary N) is 1. The first-order valence-corrected chi connectivity index (χ1v) is 8.44. The van der Waals surface area contributed by atoms with Gasteiger partial charge in [0, 0.05) is 45.3 Å². The Kier molecular flexibility index (Phi) is 3.86. The lowest BCUT2D eigenvalue weighted by molar-refractivity contribution is 0.00113. The van der Waals surface area contributed by atoms with Gasteiger partial charge < -0.3 is 9.88 Å². The van der Waals surface area contributed by atoms with E-state index in [2.05, 4.69) is 49.8 Å². The number of para-hydroxylation sites is 2. The first kappa shape index (κ1) is 14.2. The summed E-state index contributed by atoms with van der Waals surface area (Å²) >= 11 is 0. The van der Waals surface area contributed by atoms with Crippen LogP contribution in [0.25, 0.3) is 11.0 Å². The topological polar surface area (TPSA) is 38.4 Å². The van der Waals surface area contributed by atoms with Gasteiger partial charge in [-0.15, -0.1) is 0 Å². The predicted molar refractivity (Wildman–Crippen MR) is 88.8 cm³/mol. The number of benzene rings is 1. The molecule has 0 bridgehead atoms. The molecule has 0 radical (unpaired) electrons. The molecule has 0 aliphatic carbocycles. The fourth-order valence-electron chi connectivity index (χ4n) is 3.64. The molecule has 0 amide bonds. The first-order chi connectivity index (χ1) is 10.8. The smallest absolute Gasteiger partial charge is 0.121 e. The van der Waals surface area contributed by atoms with Gasteiger partial charge in [-0.1, -0.05) is 19.1 Å². The molecule has 2 saturated heterocycles. The summed E-state index contributed by atoms with van der Waals surface area (Å²) in [6.45, 7) is 11.7. The minimum atomic E-state index is 0.753. The Morgan fingerprint density at radius 3 is 2.59 bits per heavy atom. The Hall–Kier alpha value is -1.43. The Balaban J connectivity index is 1.28. The predicted octanol–water partition coefficient (Wildman–Crippen LogP) is 1.38. The lowest BCUT2D eigenvalue weighted by Gasteiger charge is -2.48. The van der Waals surface area contributed by atoms with Crippen molar-refractivity contribution in [1.82, 2.24) is 24.7 Å². The molecule has 0 saturated carbocycles. The normalized spacial score (nSPS) is 22.2. The quantitative estimate of drug-likeness (QED) is 0.926. The molecule has 1 aromatic carbocycles. The minimum absolute atomic E-state index is 0.753. The Labute approximate surface area is 131 Å². The number of likely N-dealkylation sites (tertiary alicyclic amines) is 1. The van der Waals surface area contributed by atoms with E-state index in [1.807, 2.05) is 6.07 Å². The van der Waals surface area contributed by atoms with Crippen molar-refractivity contribution in [2.75, 3.05) is 45.8 Å². The third-order valence-electron chi connectivity index (χ3n) is 5.12. The van der Waals surface area contributed by atoms with E-state index in [1.165, 1.54) is 45.8 Å². The summed E-state index contributed by atoms with van der Waals surface area (Å²) in [5.74, 6) is 1.09. The minimum Gasteiger partial charge on any atom is -0.341 e. The van der Waals surface area contributed by atoms with Crippen LogP contribution < -0.4 is 0 Å². The molecule has 3 heterocycles. The van der Waals surface area contributed by atoms with Crippen molar-refractivity contribution in [3.8, 4) is 0 Å². The average molecular weight is 299 g/mol. The van der Waals surface area contributed by atoms with Gasteiger partial charge in [-0.25, -0.2) is 4.98 Å². The highest BCUT2D eigenvalue weighted by atomic mass is 15.3. The number of imidazole rings is 1. The van der Waals surface area contributed by atoms with Crippen LogP contribution in [0.1, 0.15) is 12.7 Å². The number of aromatic amines is 1. The van der Waals surface area contributed by atoms with E-state index in [1.54, 1.807) is 0 Å². The lowest BCUT2D eigenvalue weighted by atomic mass is 10.1. The maximum Gasteiger partial charge on any atom is 0.121 e. The first-order valence-electron chi connectivity index (χ1n) is 8.44. The summed E-state index contributed by atoms with van der Waals surface area (Å²) in [4.78, 5) is 15.8. The van der Waals surface area contributed by atoms with E-state index in [0.717, 1.165) is 29.4 Å². The van der Waals surface area contributed by atoms with E-state index in [4.69, 9.17) is 0 Å². The van der Waals surface area contributed by atoms with Crippen LogP contribution in [0.15, 0.2) is 24.3 Å². The SMILES string of the molecule is CCN1CCN(C2CN(Cc3nc4ccccc4[nH]3)C2)CC1. The van der Waals surface area contributed by atoms with Gasteiger partial charge in [0.1, 0.15) is 5.82 Å². The van der Waals surface area contributed by atoms with Crippen LogP contribution in [0, 0.1) is 0 Å². The zero-order valence-corrected chi connectivity index (χ0v) is 13.3. The van der Waals surface area contributed by atoms with Gasteiger partial charge in [-0.3, -0.25) is 9.80 Å². The van der Waals surface area contributed by atoms with E-state index in [-0.39, 0.29) is 0 Å². The molecule has 2 fully saturated rings. The molecule has 1 N–H and O–H groups in total. The summed E-state index contributed by atoms with van der Waals surface area (Å²) in [5.41, 5.74) is 2.22. The van der Waals surface area contributed by atoms with E-state index in [0.29, 0.717) is 0 Å². The number of rotatable bonds is 4. The molecule has 2 aliphatic rings. The molecular weight excluding hydrogens is 274 g/mol. The van der Waals surface area contributed by atoms with Gasteiger partial charge in [0.25, 0.3) is 0 Å². The maximum atomic E-state index is 4.68. The van der Waals surface area contributed by atoms with Gasteiger partial charge in [-0.05, 0) is 18.7 Å². The van der Waals surface area contributed by atoms with Crippen LogP contribution in [-0.2, 0) is 6.54 Å². The number of hydrogen-bond donors (Lipinski definition) is 1. The van der Waals surface area contributed by atoms with Crippen LogP contribution in [-0.4, -0.2) is 76.5 Å². The molecular formula is C17H25N5. The molecule has 4 rings (SSSR count). The van der Waals surface area contributed by atoms with Crippen molar-refractivity contribution in [2.45, 2.75) is 19.5 Å². The largest absolute Gasteiger partial charge is 0.341 e. The lowest BCUT2D eigenvalue weighted by Crippen LogP contribution is -2.62. The molecule has 2 aliphatic heterocycles. The molecule has 118 valence electrons. The second-order valence-electron chi connectivity index (χ2n) is 6.52. The third-order valence-corrected chi connectivity index (χ3v) is 5.12. The van der Waals surface area contributed by atoms with E-state index >= 15 is 0 Å². The molecule has 5 nitrogen and oxygen atoms in total. The Morgan fingerprint density at radius 2 is 1.86 bits per heavy atom. The van der Waals surface area contributed by atoms with E-state index < -0.39 is 0 Å². The van der Waals surface area contributed by atoms with Gasteiger partial charge >= 0.3 is 0 Å². The number of likely N-dealkylation sites (N-methyl/N-ethyl adjacent to an activating group) is 1. The van der Waals surface area contributed by atoms with Crippen molar-refractivity contribution >= 4 is 11.0 Å². The fourth-order valence-corrected chi connectivity index (χ4v) is 3.64. The summed E-state index contributed by atoms with van der Waals surface area (Å²) in [7, 11) is 0. The zero-order valence-electron chi connectivity index (χ0n) is 13.3. The van der Waals surface area contributed by atoms with Crippen LogP contribution in [0.4, 0.5) is 0 Å². The van der Waals surface area contributed by atoms with E-state index in [9.17, 15) is 0 Å². The van der Waals surface area contributed by atoms with Crippen molar-refractivity contribution < 1.29 is 0 Å². The maximum absolute atomic E-state index is 4.68. The van der Waals surface area contributed by atoms with Crippen LogP contribution in [0.3, 0.4) is 0 Å². The van der Waals surface area contributed by atoms with Gasteiger partial charge in [0.05, 0.1) is 17.6 Å². The number of piperazine rings is 1. The van der Waals surface area contributed by atoms with Gasteiger partial charge in [0.15, 0.2) is 0 Å². The molecule has 0 unspecified atom stereocenters. The van der Waals surface area contributed by atoms with Crippen molar-refractivity contribution in [3.63, 3.8) is 0 Å². The zero-order chi connectivity index (χ0) is 14.9. The number of hydrogen-bond acceptors (Lipinski definition) is 4. The highest BCUT2D eigenvalue weighted by molar-refractivity contribution is 5.74. The Bertz CT molecular complexity index is 590. The van der Waals surface area contributed by atoms with Crippen molar-refractivity contribution in [2.24, 2.45) is 0 Å². The standard InChI is InChI=1S/C17H25N5/c1-2-20-7-9-22(10-8-20)14-11-21(12-14)13-17-18-15-5-3-4-6-16(15)19-17/h3-6,14H,2,7-13H2,1H3,(H,18,19). The molecule has 0 atom stereocenters. The van der Waals surface area contributed by atoms with Gasteiger partial charge in [0.2, 0.25) is 0 Å². The third kappa shape index (κ3) is 2.76. The highest BCUT2D eigenvalue weighted by Gasteiger charge is 2.33. The second-order valence-corrected chi connectivity index (χ2v) is 6.52. The summed E-state index contributed by atoms with van der Waals surface area (Å²) in [5, 5.41) is 0. The monoisotopic (exact) mass is 299 g/mol. The van der Waals surface area contributed by atoms with Crippen LogP contribution in [0.5, 0.6) is 0 Å². The van der Waals surface area contributed by atoms with Crippen molar-refractivity contribution in [3.05, 3.63) is 30.1 Å². The highest BCUT2D eigenvalue weighted by Crippen LogP contribution is 2.20. The number of H-pyrrole nitrogens is 1. The molecule has 5 heteroatoms. The summed E-state index contributed by atoms with van der Waals surface area (Å²) in [6.07, 6.45) is 0. The second kappa shape index (κ2) is 5.99. The molecule has 0 spiro atoms. The van der Waals surface area contributed by atoms with Crippen LogP contribution >= 0.6 is 0 Å². The van der Waals surface area contributed by atoms with Crippen LogP contribution in [0.2, 0.25) is 0 Å². The number of aromatic nitrogens is 2. The molecule has 22 heavy (non-hydrogen) atoms. The summed E-state index contributed by atoms with van der Waals surface area (Å²) in [6, 6.07) is 9.02. The number of nitrogens with zero attached hydrogens (tertiary/aromatic N) is 4. The fraction of sp³-hybridized carbons (Fsp3) is 0.588. The molecule has 2 aromatic rings. The average Bonchev–Trinajstić information content (AvgIpc) is 2.93. The Morgan fingerprint density at radius 1 is 1.09 bits per heavy atom.